The van der Waals surface area contributed by atoms with Crippen molar-refractivity contribution in [3.8, 4) is 5.69 Å². The van der Waals surface area contributed by atoms with Crippen LogP contribution in [0.25, 0.3) is 5.69 Å². The molecule has 2 N–H and O–H groups in total. The number of aryl methyl sites for hydroxylation is 3. The molecule has 0 saturated heterocycles. The maximum atomic E-state index is 6.17. The Kier molecular flexibility index (Phi) is 4.30. The maximum absolute atomic E-state index is 6.17. The van der Waals surface area contributed by atoms with E-state index in [1.165, 1.54) is 16.7 Å². The molecule has 1 atom stereocenters. The lowest BCUT2D eigenvalue weighted by atomic mass is 9.90. The van der Waals surface area contributed by atoms with Crippen molar-refractivity contribution in [1.29, 1.82) is 0 Å². The molecule has 0 fully saturated rings. The van der Waals surface area contributed by atoms with Crippen LogP contribution >= 0.6 is 0 Å². The Morgan fingerprint density at radius 3 is 2.43 bits per heavy atom. The van der Waals surface area contributed by atoms with Gasteiger partial charge in [-0.25, -0.2) is 4.68 Å². The molecule has 1 heterocycles. The Balaban J connectivity index is 2.14. The first-order valence-electron chi connectivity index (χ1n) is 7.99. The number of benzene rings is 2. The number of rotatable bonds is 4. The van der Waals surface area contributed by atoms with Gasteiger partial charge in [-0.2, -0.15) is 5.10 Å². The predicted octanol–water partition coefficient (Wildman–Crippen LogP) is 3.89. The van der Waals surface area contributed by atoms with E-state index < -0.39 is 0 Å². The van der Waals surface area contributed by atoms with Gasteiger partial charge in [-0.3, -0.25) is 0 Å². The highest BCUT2D eigenvalue weighted by Crippen LogP contribution is 2.29. The summed E-state index contributed by atoms with van der Waals surface area (Å²) in [6, 6.07) is 18.9. The van der Waals surface area contributed by atoms with Crippen LogP contribution in [0.5, 0.6) is 0 Å². The smallest absolute Gasteiger partial charge is 0.0649 e. The Hall–Kier alpha value is -2.39. The summed E-state index contributed by atoms with van der Waals surface area (Å²) in [5.74, 6) is 0.135. The van der Waals surface area contributed by atoms with Crippen LogP contribution in [0.15, 0.2) is 54.6 Å². The van der Waals surface area contributed by atoms with E-state index in [1.54, 1.807) is 0 Å². The highest BCUT2D eigenvalue weighted by Gasteiger charge is 2.20. The van der Waals surface area contributed by atoms with Crippen molar-refractivity contribution >= 4 is 0 Å². The second-order valence-electron chi connectivity index (χ2n) is 6.11. The largest absolute Gasteiger partial charge is 0.329 e. The number of nitrogens with two attached hydrogens (primary N) is 1. The molecule has 0 amide bonds. The molecule has 1 aromatic heterocycles. The zero-order valence-corrected chi connectivity index (χ0v) is 14.0. The van der Waals surface area contributed by atoms with Gasteiger partial charge in [0.25, 0.3) is 0 Å². The second kappa shape index (κ2) is 6.39. The number of para-hydroxylation sites is 1. The minimum absolute atomic E-state index is 0.135. The zero-order chi connectivity index (χ0) is 16.4. The molecule has 23 heavy (non-hydrogen) atoms. The quantitative estimate of drug-likeness (QED) is 0.794. The van der Waals surface area contributed by atoms with Crippen LogP contribution in [-0.2, 0) is 0 Å². The van der Waals surface area contributed by atoms with E-state index in [0.29, 0.717) is 6.54 Å². The predicted molar refractivity (Wildman–Crippen MR) is 95.1 cm³/mol. The third-order valence-electron chi connectivity index (χ3n) is 4.26. The molecule has 2 aromatic carbocycles. The normalized spacial score (nSPS) is 12.3. The molecule has 3 rings (SSSR count). The van der Waals surface area contributed by atoms with Gasteiger partial charge in [0.05, 0.1) is 17.1 Å². The Morgan fingerprint density at radius 1 is 1.00 bits per heavy atom. The van der Waals surface area contributed by atoms with Crippen molar-refractivity contribution in [3.63, 3.8) is 0 Å². The van der Waals surface area contributed by atoms with Crippen molar-refractivity contribution in [2.45, 2.75) is 26.7 Å². The van der Waals surface area contributed by atoms with Crippen LogP contribution in [-0.4, -0.2) is 16.3 Å². The molecule has 118 valence electrons. The first kappa shape index (κ1) is 15.5. The van der Waals surface area contributed by atoms with Gasteiger partial charge in [-0.1, -0.05) is 42.0 Å². The minimum Gasteiger partial charge on any atom is -0.329 e. The van der Waals surface area contributed by atoms with Gasteiger partial charge in [-0.15, -0.1) is 0 Å². The lowest BCUT2D eigenvalue weighted by molar-refractivity contribution is 0.714. The van der Waals surface area contributed by atoms with Gasteiger partial charge in [-0.05, 0) is 50.1 Å². The Labute approximate surface area is 137 Å². The van der Waals surface area contributed by atoms with E-state index in [9.17, 15) is 0 Å². The van der Waals surface area contributed by atoms with Gasteiger partial charge < -0.3 is 5.73 Å². The Morgan fingerprint density at radius 2 is 1.74 bits per heavy atom. The lowest BCUT2D eigenvalue weighted by Gasteiger charge is -2.20. The highest BCUT2D eigenvalue weighted by molar-refractivity contribution is 5.42. The standard InChI is InChI=1S/C20H23N3/c1-14-9-10-15(2)18(11-14)19(13-21)20-12-16(3)22-23(20)17-7-5-4-6-8-17/h4-12,19H,13,21H2,1-3H3. The number of hydrogen-bond donors (Lipinski definition) is 1. The van der Waals surface area contributed by atoms with Gasteiger partial charge in [0.1, 0.15) is 0 Å². The van der Waals surface area contributed by atoms with E-state index in [-0.39, 0.29) is 5.92 Å². The fraction of sp³-hybridized carbons (Fsp3) is 0.250. The summed E-state index contributed by atoms with van der Waals surface area (Å²) in [5, 5.41) is 4.69. The molecule has 0 aliphatic heterocycles. The third kappa shape index (κ3) is 3.06. The van der Waals surface area contributed by atoms with Crippen LogP contribution in [0.4, 0.5) is 0 Å². The van der Waals surface area contributed by atoms with E-state index in [4.69, 9.17) is 5.73 Å². The van der Waals surface area contributed by atoms with Crippen LogP contribution in [0.1, 0.15) is 34.0 Å². The first-order chi connectivity index (χ1) is 11.1. The van der Waals surface area contributed by atoms with E-state index >= 15 is 0 Å². The molecular weight excluding hydrogens is 282 g/mol. The molecule has 0 aliphatic rings. The maximum Gasteiger partial charge on any atom is 0.0649 e. The fourth-order valence-corrected chi connectivity index (χ4v) is 3.09. The Bertz CT molecular complexity index is 803. The molecule has 0 spiro atoms. The summed E-state index contributed by atoms with van der Waals surface area (Å²) >= 11 is 0. The van der Waals surface area contributed by atoms with Crippen molar-refractivity contribution in [1.82, 2.24) is 9.78 Å². The van der Waals surface area contributed by atoms with Crippen LogP contribution < -0.4 is 5.73 Å². The monoisotopic (exact) mass is 305 g/mol. The van der Waals surface area contributed by atoms with Gasteiger partial charge in [0.2, 0.25) is 0 Å². The molecular formula is C20H23N3. The van der Waals surface area contributed by atoms with Crippen LogP contribution in [0.3, 0.4) is 0 Å². The number of hydrogen-bond acceptors (Lipinski definition) is 2. The number of nitrogens with zero attached hydrogens (tertiary/aromatic N) is 2. The topological polar surface area (TPSA) is 43.8 Å². The molecule has 1 unspecified atom stereocenters. The fourth-order valence-electron chi connectivity index (χ4n) is 3.09. The molecule has 3 nitrogen and oxygen atoms in total. The molecule has 3 heteroatoms. The number of aromatic nitrogens is 2. The van der Waals surface area contributed by atoms with Gasteiger partial charge in [0.15, 0.2) is 0 Å². The third-order valence-corrected chi connectivity index (χ3v) is 4.26. The average Bonchev–Trinajstić information content (AvgIpc) is 2.94. The molecule has 3 aromatic rings. The second-order valence-corrected chi connectivity index (χ2v) is 6.11. The summed E-state index contributed by atoms with van der Waals surface area (Å²) in [6.07, 6.45) is 0. The van der Waals surface area contributed by atoms with E-state index in [0.717, 1.165) is 17.1 Å². The van der Waals surface area contributed by atoms with Crippen molar-refractivity contribution < 1.29 is 0 Å². The summed E-state index contributed by atoms with van der Waals surface area (Å²) < 4.78 is 2.02. The van der Waals surface area contributed by atoms with Gasteiger partial charge >= 0.3 is 0 Å². The SMILES string of the molecule is Cc1ccc(C)c(C(CN)c2cc(C)nn2-c2ccccc2)c1. The van der Waals surface area contributed by atoms with E-state index in [1.807, 2.05) is 29.8 Å². The van der Waals surface area contributed by atoms with Crippen LogP contribution in [0.2, 0.25) is 0 Å². The highest BCUT2D eigenvalue weighted by atomic mass is 15.3. The van der Waals surface area contributed by atoms with Crippen molar-refractivity contribution in [3.05, 3.63) is 82.7 Å². The van der Waals surface area contributed by atoms with Crippen molar-refractivity contribution in [2.75, 3.05) is 6.54 Å². The summed E-state index contributed by atoms with van der Waals surface area (Å²) in [7, 11) is 0. The molecule has 0 radical (unpaired) electrons. The summed E-state index contributed by atoms with van der Waals surface area (Å²) in [5.41, 5.74) is 13.2. The minimum atomic E-state index is 0.135. The van der Waals surface area contributed by atoms with Gasteiger partial charge in [0, 0.05) is 12.5 Å². The zero-order valence-electron chi connectivity index (χ0n) is 14.0. The molecule has 0 aliphatic carbocycles. The average molecular weight is 305 g/mol. The summed E-state index contributed by atoms with van der Waals surface area (Å²) in [4.78, 5) is 0. The lowest BCUT2D eigenvalue weighted by Crippen LogP contribution is -2.18. The summed E-state index contributed by atoms with van der Waals surface area (Å²) in [6.45, 7) is 6.85. The molecule has 0 saturated carbocycles. The van der Waals surface area contributed by atoms with Crippen molar-refractivity contribution in [2.24, 2.45) is 5.73 Å². The van der Waals surface area contributed by atoms with Crippen LogP contribution in [0, 0.1) is 20.8 Å². The molecule has 0 bridgehead atoms. The first-order valence-corrected chi connectivity index (χ1v) is 7.99. The van der Waals surface area contributed by atoms with E-state index in [2.05, 4.69) is 55.3 Å².